The Labute approximate surface area is 189 Å². The van der Waals surface area contributed by atoms with Crippen LogP contribution in [0.2, 0.25) is 0 Å². The third-order valence-corrected chi connectivity index (χ3v) is 5.65. The third-order valence-electron chi connectivity index (χ3n) is 5.65. The van der Waals surface area contributed by atoms with Gasteiger partial charge in [0.15, 0.2) is 11.6 Å². The summed E-state index contributed by atoms with van der Waals surface area (Å²) in [7, 11) is 1.40. The van der Waals surface area contributed by atoms with Gasteiger partial charge in [0.05, 0.1) is 48.5 Å². The Morgan fingerprint density at radius 2 is 2.18 bits per heavy atom. The number of H-pyrrole nitrogens is 1. The van der Waals surface area contributed by atoms with Crippen LogP contribution in [0.25, 0.3) is 11.3 Å². The highest BCUT2D eigenvalue weighted by atomic mass is 19.1. The minimum Gasteiger partial charge on any atom is -0.492 e. The first-order valence-corrected chi connectivity index (χ1v) is 10.5. The molecule has 1 fully saturated rings. The summed E-state index contributed by atoms with van der Waals surface area (Å²) in [6.07, 6.45) is 3.93. The van der Waals surface area contributed by atoms with Gasteiger partial charge in [0, 0.05) is 36.6 Å². The van der Waals surface area contributed by atoms with E-state index < -0.39 is 11.4 Å². The summed E-state index contributed by atoms with van der Waals surface area (Å²) >= 11 is 0. The number of carbonyl (C=O) groups is 1. The van der Waals surface area contributed by atoms with Crippen molar-refractivity contribution in [2.24, 2.45) is 5.73 Å². The van der Waals surface area contributed by atoms with Gasteiger partial charge < -0.3 is 30.8 Å². The number of pyridine rings is 1. The Balaban J connectivity index is 1.66. The van der Waals surface area contributed by atoms with Gasteiger partial charge in [-0.25, -0.2) is 4.39 Å². The molecule has 1 aromatic carbocycles. The lowest BCUT2D eigenvalue weighted by Crippen LogP contribution is -2.56. The summed E-state index contributed by atoms with van der Waals surface area (Å²) in [5.74, 6) is 5.51. The van der Waals surface area contributed by atoms with Gasteiger partial charge in [0.2, 0.25) is 0 Å². The number of anilines is 2. The number of nitrogens with two attached hydrogens (primary N) is 1. The van der Waals surface area contributed by atoms with Crippen molar-refractivity contribution in [1.29, 1.82) is 0 Å². The highest BCUT2D eigenvalue weighted by Crippen LogP contribution is 2.40. The molecule has 2 aromatic heterocycles. The summed E-state index contributed by atoms with van der Waals surface area (Å²) in [6, 6.07) is 6.39. The van der Waals surface area contributed by atoms with E-state index in [4.69, 9.17) is 15.2 Å². The van der Waals surface area contributed by atoms with Gasteiger partial charge >= 0.3 is 0 Å². The zero-order chi connectivity index (χ0) is 23.0. The first kappa shape index (κ1) is 21.0. The molecule has 33 heavy (non-hydrogen) atoms. The van der Waals surface area contributed by atoms with Gasteiger partial charge in [-0.1, -0.05) is 17.9 Å². The number of benzene rings is 1. The lowest BCUT2D eigenvalue weighted by Gasteiger charge is -2.32. The zero-order valence-corrected chi connectivity index (χ0v) is 17.9. The van der Waals surface area contributed by atoms with Crippen LogP contribution in [-0.2, 0) is 11.2 Å². The van der Waals surface area contributed by atoms with E-state index in [9.17, 15) is 9.18 Å². The van der Waals surface area contributed by atoms with Crippen LogP contribution in [0.3, 0.4) is 0 Å². The van der Waals surface area contributed by atoms with Gasteiger partial charge in [-0.2, -0.15) is 0 Å². The van der Waals surface area contributed by atoms with E-state index in [2.05, 4.69) is 32.4 Å². The van der Waals surface area contributed by atoms with Gasteiger partial charge in [0.1, 0.15) is 5.54 Å². The van der Waals surface area contributed by atoms with Crippen LogP contribution in [0.1, 0.15) is 21.6 Å². The van der Waals surface area contributed by atoms with Crippen LogP contribution in [-0.4, -0.2) is 48.3 Å². The molecule has 5 N–H and O–H groups in total. The number of aromatic amines is 1. The van der Waals surface area contributed by atoms with Crippen molar-refractivity contribution in [3.8, 4) is 28.8 Å². The Morgan fingerprint density at radius 3 is 2.94 bits per heavy atom. The van der Waals surface area contributed by atoms with Crippen molar-refractivity contribution in [2.75, 3.05) is 32.2 Å². The second kappa shape index (κ2) is 8.24. The topological polar surface area (TPSA) is 114 Å². The summed E-state index contributed by atoms with van der Waals surface area (Å²) in [5, 5.41) is 6.09. The molecule has 8 nitrogen and oxygen atoms in total. The van der Waals surface area contributed by atoms with Crippen molar-refractivity contribution in [3.63, 3.8) is 0 Å². The highest BCUT2D eigenvalue weighted by molar-refractivity contribution is 6.06. The van der Waals surface area contributed by atoms with Gasteiger partial charge in [-0.3, -0.25) is 9.78 Å². The van der Waals surface area contributed by atoms with Crippen LogP contribution >= 0.6 is 0 Å². The number of rotatable bonds is 4. The quantitative estimate of drug-likeness (QED) is 0.457. The van der Waals surface area contributed by atoms with Gasteiger partial charge in [-0.15, -0.1) is 0 Å². The molecule has 0 aliphatic carbocycles. The molecule has 5 rings (SSSR count). The number of hydrogen-bond donors (Lipinski definition) is 4. The lowest BCUT2D eigenvalue weighted by molar-refractivity contribution is -0.0229. The molecule has 4 heterocycles. The maximum Gasteiger partial charge on any atom is 0.255 e. The molecule has 0 atom stereocenters. The summed E-state index contributed by atoms with van der Waals surface area (Å²) in [4.78, 5) is 20.4. The Hall–Kier alpha value is -3.87. The van der Waals surface area contributed by atoms with Crippen LogP contribution in [0.4, 0.5) is 15.8 Å². The molecule has 2 aliphatic rings. The number of carbonyl (C=O) groups excluding carboxylic acids is 1. The molecule has 0 unspecified atom stereocenters. The molecule has 9 heteroatoms. The standard InChI is InChI=1S/C24H22FN5O3/c1-32-22-16(25)3-2-4-18(22)30-21-19-17(7-10-28-23(19)31)29-20(21)15-6-9-27-11-14(15)5-8-24(26)12-33-13-24/h2-4,6,9,11,29-30H,7,10,12-13,26H2,1H3,(H,28,31). The number of methoxy groups -OCH3 is 1. The molecular weight excluding hydrogens is 425 g/mol. The lowest BCUT2D eigenvalue weighted by atomic mass is 9.98. The molecule has 168 valence electrons. The Bertz CT molecular complexity index is 1300. The van der Waals surface area contributed by atoms with Crippen molar-refractivity contribution in [2.45, 2.75) is 12.0 Å². The maximum absolute atomic E-state index is 14.3. The zero-order valence-electron chi connectivity index (χ0n) is 17.9. The van der Waals surface area contributed by atoms with E-state index in [1.807, 2.05) is 6.07 Å². The predicted octanol–water partition coefficient (Wildman–Crippen LogP) is 2.33. The third kappa shape index (κ3) is 3.80. The van der Waals surface area contributed by atoms with Gasteiger partial charge in [0.25, 0.3) is 5.91 Å². The SMILES string of the molecule is COc1c(F)cccc1Nc1c(-c2ccncc2C#CC2(N)COC2)[nH]c2c1C(=O)NCC2. The van der Waals surface area contributed by atoms with E-state index in [0.29, 0.717) is 54.4 Å². The van der Waals surface area contributed by atoms with Crippen LogP contribution in [0, 0.1) is 17.7 Å². The van der Waals surface area contributed by atoms with Crippen LogP contribution in [0.15, 0.2) is 36.7 Å². The number of halogens is 1. The second-order valence-electron chi connectivity index (χ2n) is 8.00. The first-order chi connectivity index (χ1) is 16.0. The average Bonchev–Trinajstić information content (AvgIpc) is 3.16. The summed E-state index contributed by atoms with van der Waals surface area (Å²) in [6.45, 7) is 1.27. The molecular formula is C24H22FN5O3. The van der Waals surface area contributed by atoms with Crippen LogP contribution < -0.4 is 21.1 Å². The summed E-state index contributed by atoms with van der Waals surface area (Å²) in [5.41, 5.74) is 9.68. The number of aromatic nitrogens is 2. The fraction of sp³-hybridized carbons (Fsp3) is 0.250. The smallest absolute Gasteiger partial charge is 0.255 e. The van der Waals surface area contributed by atoms with E-state index in [-0.39, 0.29) is 11.7 Å². The van der Waals surface area contributed by atoms with E-state index in [1.54, 1.807) is 24.5 Å². The number of ether oxygens (including phenoxy) is 2. The summed E-state index contributed by atoms with van der Waals surface area (Å²) < 4.78 is 24.8. The van der Waals surface area contributed by atoms with Crippen molar-refractivity contribution >= 4 is 17.3 Å². The second-order valence-corrected chi connectivity index (χ2v) is 8.00. The highest BCUT2D eigenvalue weighted by Gasteiger charge is 2.32. The minimum absolute atomic E-state index is 0.0550. The monoisotopic (exact) mass is 447 g/mol. The Kier molecular flexibility index (Phi) is 5.24. The fourth-order valence-corrected chi connectivity index (χ4v) is 3.95. The first-order valence-electron chi connectivity index (χ1n) is 10.5. The minimum atomic E-state index is -0.683. The van der Waals surface area contributed by atoms with E-state index >= 15 is 0 Å². The molecule has 0 bridgehead atoms. The van der Waals surface area contributed by atoms with E-state index in [0.717, 1.165) is 11.3 Å². The number of fused-ring (bicyclic) bond motifs is 1. The molecule has 1 amide bonds. The fourth-order valence-electron chi connectivity index (χ4n) is 3.95. The van der Waals surface area contributed by atoms with Crippen molar-refractivity contribution in [1.82, 2.24) is 15.3 Å². The molecule has 2 aliphatic heterocycles. The van der Waals surface area contributed by atoms with Crippen molar-refractivity contribution < 1.29 is 18.7 Å². The number of nitrogens with one attached hydrogen (secondary N) is 3. The number of amides is 1. The molecule has 0 spiro atoms. The number of nitrogens with zero attached hydrogens (tertiary/aromatic N) is 1. The van der Waals surface area contributed by atoms with Crippen molar-refractivity contribution in [3.05, 3.63) is 59.3 Å². The normalized spacial score (nSPS) is 16.0. The molecule has 0 saturated carbocycles. The van der Waals surface area contributed by atoms with Crippen LogP contribution in [0.5, 0.6) is 5.75 Å². The molecule has 3 aromatic rings. The average molecular weight is 447 g/mol. The maximum atomic E-state index is 14.3. The predicted molar refractivity (Wildman–Crippen MR) is 121 cm³/mol. The van der Waals surface area contributed by atoms with Gasteiger partial charge in [-0.05, 0) is 18.2 Å². The largest absolute Gasteiger partial charge is 0.492 e. The Morgan fingerprint density at radius 1 is 1.33 bits per heavy atom. The molecule has 0 radical (unpaired) electrons. The molecule has 1 saturated heterocycles. The van der Waals surface area contributed by atoms with E-state index in [1.165, 1.54) is 13.2 Å². The number of para-hydroxylation sites is 1. The number of hydrogen-bond acceptors (Lipinski definition) is 6.